The second kappa shape index (κ2) is 7.50. The summed E-state index contributed by atoms with van der Waals surface area (Å²) in [4.78, 5) is 18.9. The van der Waals surface area contributed by atoms with Crippen LogP contribution >= 0.6 is 22.6 Å². The Labute approximate surface area is 171 Å². The first-order valence-corrected chi connectivity index (χ1v) is 11.6. The molecule has 1 aliphatic heterocycles. The number of hydrogen-bond acceptors (Lipinski definition) is 4. The van der Waals surface area contributed by atoms with E-state index < -0.39 is 11.0 Å². The third-order valence-corrected chi connectivity index (χ3v) is 8.52. The molecule has 0 bridgehead atoms. The molecular formula is C18H29IN4O2S. The van der Waals surface area contributed by atoms with Gasteiger partial charge in [0.2, 0.25) is 5.95 Å². The first-order chi connectivity index (χ1) is 12.2. The van der Waals surface area contributed by atoms with E-state index in [1.165, 1.54) is 19.3 Å². The fraction of sp³-hybridized carbons (Fsp3) is 0.778. The van der Waals surface area contributed by atoms with Gasteiger partial charge in [0.25, 0.3) is 5.56 Å². The van der Waals surface area contributed by atoms with Crippen LogP contribution in [0.1, 0.15) is 52.4 Å². The van der Waals surface area contributed by atoms with Crippen molar-refractivity contribution in [3.63, 3.8) is 0 Å². The number of anilines is 1. The average Bonchev–Trinajstić information content (AvgIpc) is 2.95. The van der Waals surface area contributed by atoms with Crippen LogP contribution in [0.15, 0.2) is 11.0 Å². The third-order valence-electron chi connectivity index (χ3n) is 6.52. The molecule has 2 aliphatic rings. The van der Waals surface area contributed by atoms with Crippen LogP contribution in [0.5, 0.6) is 0 Å². The van der Waals surface area contributed by atoms with E-state index in [-0.39, 0.29) is 10.3 Å². The quantitative estimate of drug-likeness (QED) is 0.656. The van der Waals surface area contributed by atoms with Crippen LogP contribution < -0.4 is 15.6 Å². The molecule has 1 aliphatic carbocycles. The van der Waals surface area contributed by atoms with Gasteiger partial charge in [0.15, 0.2) is 0 Å². The molecule has 0 radical (unpaired) electrons. The van der Waals surface area contributed by atoms with Crippen molar-refractivity contribution in [3.05, 3.63) is 20.1 Å². The standard InChI is InChI=1S/C18H29IN4O2S/c1-17(2,26(20)25)11-13-5-4-6-18(13)7-9-23(10-8-18)16-21-12-14(19)15(24)22(16)3/h12-13H,4-11,20H2,1-3H3/t13-,26?/m1/s1. The maximum Gasteiger partial charge on any atom is 0.268 e. The maximum atomic E-state index is 12.2. The molecule has 1 saturated carbocycles. The van der Waals surface area contributed by atoms with E-state index in [1.807, 2.05) is 36.4 Å². The van der Waals surface area contributed by atoms with E-state index in [9.17, 15) is 9.00 Å². The topological polar surface area (TPSA) is 81.2 Å². The predicted molar refractivity (Wildman–Crippen MR) is 114 cm³/mol. The molecule has 146 valence electrons. The van der Waals surface area contributed by atoms with E-state index in [1.54, 1.807) is 17.8 Å². The number of halogens is 1. The monoisotopic (exact) mass is 492 g/mol. The highest BCUT2D eigenvalue weighted by Crippen LogP contribution is 2.53. The molecule has 0 aromatic carbocycles. The Morgan fingerprint density at radius 1 is 1.38 bits per heavy atom. The number of hydrogen-bond donors (Lipinski definition) is 1. The van der Waals surface area contributed by atoms with Crippen LogP contribution in [0, 0.1) is 14.9 Å². The number of rotatable bonds is 4. The van der Waals surface area contributed by atoms with E-state index >= 15 is 0 Å². The molecule has 26 heavy (non-hydrogen) atoms. The molecule has 8 heteroatoms. The predicted octanol–water partition coefficient (Wildman–Crippen LogP) is 2.56. The Balaban J connectivity index is 1.74. The summed E-state index contributed by atoms with van der Waals surface area (Å²) < 4.78 is 13.9. The first-order valence-electron chi connectivity index (χ1n) is 9.29. The van der Waals surface area contributed by atoms with E-state index in [4.69, 9.17) is 5.14 Å². The smallest absolute Gasteiger partial charge is 0.268 e. The molecular weight excluding hydrogens is 463 g/mol. The minimum atomic E-state index is -1.30. The molecule has 1 saturated heterocycles. The zero-order valence-electron chi connectivity index (χ0n) is 15.8. The van der Waals surface area contributed by atoms with Crippen LogP contribution in [0.25, 0.3) is 0 Å². The fourth-order valence-corrected chi connectivity index (χ4v) is 5.68. The van der Waals surface area contributed by atoms with Crippen molar-refractivity contribution in [2.75, 3.05) is 18.0 Å². The molecule has 2 heterocycles. The van der Waals surface area contributed by atoms with Gasteiger partial charge in [-0.3, -0.25) is 14.5 Å². The van der Waals surface area contributed by atoms with Gasteiger partial charge >= 0.3 is 0 Å². The van der Waals surface area contributed by atoms with Crippen LogP contribution in [0.4, 0.5) is 5.95 Å². The molecule has 2 fully saturated rings. The SMILES string of the molecule is Cn1c(N2CCC3(CCC[C@@H]3CC(C)(C)S(N)=O)CC2)ncc(I)c1=O. The zero-order valence-corrected chi connectivity index (χ0v) is 18.8. The average molecular weight is 492 g/mol. The van der Waals surface area contributed by atoms with Crippen molar-refractivity contribution in [1.82, 2.24) is 9.55 Å². The molecule has 2 atom stereocenters. The van der Waals surface area contributed by atoms with Crippen molar-refractivity contribution >= 4 is 39.5 Å². The number of nitrogens with zero attached hydrogens (tertiary/aromatic N) is 3. The lowest BCUT2D eigenvalue weighted by Gasteiger charge is -2.45. The van der Waals surface area contributed by atoms with E-state index in [2.05, 4.69) is 9.88 Å². The van der Waals surface area contributed by atoms with Crippen molar-refractivity contribution in [2.24, 2.45) is 23.5 Å². The largest absolute Gasteiger partial charge is 0.342 e. The molecule has 1 aromatic heterocycles. The van der Waals surface area contributed by atoms with Gasteiger partial charge in [0.1, 0.15) is 0 Å². The highest BCUT2D eigenvalue weighted by atomic mass is 127. The second-order valence-electron chi connectivity index (χ2n) is 8.47. The summed E-state index contributed by atoms with van der Waals surface area (Å²) in [5.74, 6) is 1.35. The summed E-state index contributed by atoms with van der Waals surface area (Å²) in [5.41, 5.74) is 0.344. The lowest BCUT2D eigenvalue weighted by atomic mass is 9.68. The van der Waals surface area contributed by atoms with Crippen LogP contribution in [-0.2, 0) is 18.0 Å². The van der Waals surface area contributed by atoms with Gasteiger partial charge in [0, 0.05) is 26.3 Å². The molecule has 1 unspecified atom stereocenters. The molecule has 3 rings (SSSR count). The summed E-state index contributed by atoms with van der Waals surface area (Å²) in [6.07, 6.45) is 8.51. The van der Waals surface area contributed by atoms with Crippen LogP contribution in [0.2, 0.25) is 0 Å². The van der Waals surface area contributed by atoms with Crippen molar-refractivity contribution < 1.29 is 4.21 Å². The summed E-state index contributed by atoms with van der Waals surface area (Å²) in [6.45, 7) is 5.89. The first kappa shape index (κ1) is 20.3. The maximum absolute atomic E-state index is 12.2. The summed E-state index contributed by atoms with van der Waals surface area (Å²) in [5, 5.41) is 5.73. The normalized spacial score (nSPS) is 24.2. The van der Waals surface area contributed by atoms with Crippen molar-refractivity contribution in [1.29, 1.82) is 0 Å². The van der Waals surface area contributed by atoms with Gasteiger partial charge in [-0.1, -0.05) is 6.42 Å². The molecule has 1 spiro atoms. The lowest BCUT2D eigenvalue weighted by molar-refractivity contribution is 0.133. The molecule has 0 amide bonds. The van der Waals surface area contributed by atoms with Crippen molar-refractivity contribution in [2.45, 2.75) is 57.1 Å². The van der Waals surface area contributed by atoms with Crippen LogP contribution in [0.3, 0.4) is 0 Å². The fourth-order valence-electron chi connectivity index (χ4n) is 4.82. The number of aromatic nitrogens is 2. The van der Waals surface area contributed by atoms with Gasteiger partial charge in [-0.25, -0.2) is 9.19 Å². The summed E-state index contributed by atoms with van der Waals surface area (Å²) in [7, 11) is 0.503. The Bertz CT molecular complexity index is 756. The highest BCUT2D eigenvalue weighted by molar-refractivity contribution is 14.1. The second-order valence-corrected chi connectivity index (χ2v) is 11.3. The van der Waals surface area contributed by atoms with Gasteiger partial charge in [-0.05, 0) is 79.9 Å². The summed E-state index contributed by atoms with van der Waals surface area (Å²) >= 11 is 2.03. The number of nitrogens with two attached hydrogens (primary N) is 1. The Morgan fingerprint density at radius 2 is 2.04 bits per heavy atom. The number of piperidine rings is 1. The summed E-state index contributed by atoms with van der Waals surface area (Å²) in [6, 6.07) is 0. The molecule has 2 N–H and O–H groups in total. The minimum Gasteiger partial charge on any atom is -0.342 e. The third kappa shape index (κ3) is 3.73. The lowest BCUT2D eigenvalue weighted by Crippen LogP contribution is -2.46. The van der Waals surface area contributed by atoms with Gasteiger partial charge in [-0.2, -0.15) is 0 Å². The Morgan fingerprint density at radius 3 is 2.65 bits per heavy atom. The van der Waals surface area contributed by atoms with Crippen molar-refractivity contribution in [3.8, 4) is 0 Å². The van der Waals surface area contributed by atoms with Gasteiger partial charge in [-0.15, -0.1) is 0 Å². The Kier molecular flexibility index (Phi) is 5.85. The van der Waals surface area contributed by atoms with E-state index in [0.717, 1.165) is 38.3 Å². The zero-order chi connectivity index (χ0) is 19.1. The Hall–Kier alpha value is -0.480. The molecule has 1 aromatic rings. The van der Waals surface area contributed by atoms with Crippen LogP contribution in [-0.4, -0.2) is 31.6 Å². The molecule has 6 nitrogen and oxygen atoms in total. The van der Waals surface area contributed by atoms with E-state index in [0.29, 0.717) is 14.9 Å². The van der Waals surface area contributed by atoms with Gasteiger partial charge < -0.3 is 4.90 Å². The van der Waals surface area contributed by atoms with Gasteiger partial charge in [0.05, 0.1) is 19.3 Å². The minimum absolute atomic E-state index is 0.0156. The highest BCUT2D eigenvalue weighted by Gasteiger charge is 2.47.